The second kappa shape index (κ2) is 11.5. The number of anilines is 2. The van der Waals surface area contributed by atoms with E-state index < -0.39 is 23.4 Å². The molecule has 5 rings (SSSR count). The van der Waals surface area contributed by atoms with Crippen molar-refractivity contribution in [2.45, 2.75) is 66.6 Å². The zero-order valence-corrected chi connectivity index (χ0v) is 26.3. The minimum atomic E-state index is -1.01. The Hall–Kier alpha value is -4.55. The lowest BCUT2D eigenvalue weighted by Crippen LogP contribution is -2.44. The van der Waals surface area contributed by atoms with Crippen molar-refractivity contribution in [3.8, 4) is 23.0 Å². The van der Waals surface area contributed by atoms with Crippen molar-refractivity contribution in [1.82, 2.24) is 20.2 Å². The van der Waals surface area contributed by atoms with Crippen LogP contribution in [0.15, 0.2) is 34.9 Å². The predicted molar refractivity (Wildman–Crippen MR) is 160 cm³/mol. The van der Waals surface area contributed by atoms with Gasteiger partial charge in [0, 0.05) is 18.7 Å². The van der Waals surface area contributed by atoms with E-state index in [1.54, 1.807) is 48.5 Å². The van der Waals surface area contributed by atoms with Gasteiger partial charge in [0.25, 0.3) is 5.89 Å². The van der Waals surface area contributed by atoms with Gasteiger partial charge in [-0.2, -0.15) is 4.90 Å². The molecule has 13 nitrogen and oxygen atoms in total. The Morgan fingerprint density at radius 2 is 1.50 bits per heavy atom. The highest BCUT2D eigenvalue weighted by Gasteiger charge is 2.60. The van der Waals surface area contributed by atoms with Crippen molar-refractivity contribution >= 4 is 29.8 Å². The summed E-state index contributed by atoms with van der Waals surface area (Å²) in [6, 6.07) is 7.53. The second-order valence-electron chi connectivity index (χ2n) is 13.0. The van der Waals surface area contributed by atoms with Crippen molar-refractivity contribution in [2.75, 3.05) is 29.5 Å². The average Bonchev–Trinajstić information content (AvgIpc) is 3.24. The smallest absolute Gasteiger partial charge is 0.425 e. The van der Waals surface area contributed by atoms with Crippen molar-refractivity contribution < 1.29 is 33.0 Å². The van der Waals surface area contributed by atoms with E-state index in [0.717, 1.165) is 5.56 Å². The third-order valence-corrected chi connectivity index (χ3v) is 7.11. The van der Waals surface area contributed by atoms with Crippen LogP contribution >= 0.6 is 0 Å². The Bertz CT molecular complexity index is 1520. The lowest BCUT2D eigenvalue weighted by Gasteiger charge is -2.29. The normalized spacial score (nSPS) is 19.3. The van der Waals surface area contributed by atoms with Gasteiger partial charge in [0.05, 0.1) is 18.7 Å². The molecule has 234 valence electrons. The molecule has 2 fully saturated rings. The maximum Gasteiger partial charge on any atom is 0.425 e. The molecule has 0 bridgehead atoms. The molecule has 1 aromatic carbocycles. The molecule has 0 radical (unpaired) electrons. The molecule has 1 aliphatic heterocycles. The Kier molecular flexibility index (Phi) is 8.08. The molecule has 3 aromatic rings. The molecule has 1 aliphatic carbocycles. The molecule has 1 unspecified atom stereocenters. The number of fused-ring (bicyclic) bond motifs is 1. The van der Waals surface area contributed by atoms with E-state index in [2.05, 4.69) is 15.2 Å². The van der Waals surface area contributed by atoms with Crippen molar-refractivity contribution in [2.24, 2.45) is 17.8 Å². The minimum Gasteiger partial charge on any atom is -0.466 e. The van der Waals surface area contributed by atoms with Gasteiger partial charge in [-0.3, -0.25) is 4.79 Å². The van der Waals surface area contributed by atoms with Gasteiger partial charge in [0.1, 0.15) is 17.0 Å². The monoisotopic (exact) mass is 606 g/mol. The fraction of sp³-hybridized carbons (Fsp3) is 0.516. The fourth-order valence-electron chi connectivity index (χ4n) is 5.13. The third-order valence-electron chi connectivity index (χ3n) is 7.11. The van der Waals surface area contributed by atoms with E-state index in [1.165, 1.54) is 6.20 Å². The maximum atomic E-state index is 13.5. The number of hydrogen-bond acceptors (Lipinski definition) is 12. The van der Waals surface area contributed by atoms with Crippen molar-refractivity contribution in [3.05, 3.63) is 36.0 Å². The zero-order chi connectivity index (χ0) is 32.0. The number of nitrogens with zero attached hydrogens (tertiary/aromatic N) is 6. The van der Waals surface area contributed by atoms with Gasteiger partial charge in [0.15, 0.2) is 11.5 Å². The van der Waals surface area contributed by atoms with Crippen molar-refractivity contribution in [3.63, 3.8) is 0 Å². The first-order valence-corrected chi connectivity index (χ1v) is 14.6. The van der Waals surface area contributed by atoms with Gasteiger partial charge in [-0.05, 0) is 79.4 Å². The summed E-state index contributed by atoms with van der Waals surface area (Å²) in [5.41, 5.74) is -0.123. The Labute approximate surface area is 255 Å². The molecule has 3 heterocycles. The van der Waals surface area contributed by atoms with Crippen LogP contribution in [0.1, 0.15) is 54.0 Å². The highest BCUT2D eigenvalue weighted by Crippen LogP contribution is 2.53. The molecule has 2 aromatic heterocycles. The maximum absolute atomic E-state index is 13.5. The Morgan fingerprint density at radius 3 is 2.05 bits per heavy atom. The third kappa shape index (κ3) is 6.66. The van der Waals surface area contributed by atoms with Crippen LogP contribution in [0.2, 0.25) is 0 Å². The second-order valence-corrected chi connectivity index (χ2v) is 13.0. The number of benzene rings is 1. The fourth-order valence-corrected chi connectivity index (χ4v) is 5.13. The number of aryl methyl sites for hydroxylation is 1. The lowest BCUT2D eigenvalue weighted by molar-refractivity contribution is -0.145. The number of carbonyl (C=O) groups is 3. The number of hydrogen-bond donors (Lipinski definition) is 0. The van der Waals surface area contributed by atoms with E-state index in [4.69, 9.17) is 23.6 Å². The molecule has 2 aliphatic rings. The van der Waals surface area contributed by atoms with E-state index in [-0.39, 0.29) is 47.0 Å². The zero-order valence-electron chi connectivity index (χ0n) is 26.3. The molecule has 0 N–H and O–H groups in total. The summed E-state index contributed by atoms with van der Waals surface area (Å²) in [7, 11) is 0. The van der Waals surface area contributed by atoms with Crippen LogP contribution in [0.25, 0.3) is 23.0 Å². The van der Waals surface area contributed by atoms with Crippen LogP contribution < -0.4 is 9.80 Å². The highest BCUT2D eigenvalue weighted by molar-refractivity contribution is 6.10. The van der Waals surface area contributed by atoms with Crippen LogP contribution in [0.3, 0.4) is 0 Å². The van der Waals surface area contributed by atoms with E-state index in [9.17, 15) is 14.4 Å². The average molecular weight is 607 g/mol. The number of esters is 1. The predicted octanol–water partition coefficient (Wildman–Crippen LogP) is 5.42. The molecular formula is C31H38N6O7. The first-order chi connectivity index (χ1) is 20.6. The van der Waals surface area contributed by atoms with E-state index >= 15 is 0 Å². The summed E-state index contributed by atoms with van der Waals surface area (Å²) in [6.45, 7) is 15.3. The van der Waals surface area contributed by atoms with Gasteiger partial charge >= 0.3 is 18.2 Å². The number of rotatable bonds is 6. The van der Waals surface area contributed by atoms with Crippen LogP contribution in [0.4, 0.5) is 21.2 Å². The Morgan fingerprint density at radius 1 is 0.932 bits per heavy atom. The summed E-state index contributed by atoms with van der Waals surface area (Å²) in [5, 5.41) is 8.41. The van der Waals surface area contributed by atoms with Gasteiger partial charge in [-0.15, -0.1) is 10.2 Å². The molecular weight excluding hydrogens is 568 g/mol. The molecule has 0 spiro atoms. The topological polar surface area (TPSA) is 150 Å². The van der Waals surface area contributed by atoms with Gasteiger partial charge in [0.2, 0.25) is 5.89 Å². The van der Waals surface area contributed by atoms with Crippen LogP contribution in [-0.4, -0.2) is 69.2 Å². The molecule has 13 heteroatoms. The summed E-state index contributed by atoms with van der Waals surface area (Å²) in [5.74, 6) is 0.428. The van der Waals surface area contributed by atoms with Crippen LogP contribution in [0, 0.1) is 24.7 Å². The molecule has 2 amide bonds. The number of amides is 2. The van der Waals surface area contributed by atoms with E-state index in [1.807, 2.05) is 36.1 Å². The number of aromatic nitrogens is 4. The number of ether oxygens (including phenoxy) is 3. The summed E-state index contributed by atoms with van der Waals surface area (Å²) >= 11 is 0. The Balaban J connectivity index is 1.55. The number of carbonyl (C=O) groups excluding carboxylic acids is 3. The van der Waals surface area contributed by atoms with Crippen LogP contribution in [0.5, 0.6) is 0 Å². The molecule has 1 saturated heterocycles. The minimum absolute atomic E-state index is 0.00686. The summed E-state index contributed by atoms with van der Waals surface area (Å²) < 4.78 is 22.4. The lowest BCUT2D eigenvalue weighted by atomic mass is 10.1. The SMILES string of the molecule is CCOC(=O)C1[C@H]2CN(c3cnc(N(C(=O)OC(C)(C)C)C(=O)OC(C)(C)C)c(-c4nnc(-c5ccc(C)cc5)o4)n3)C[C@@H]12. The first-order valence-electron chi connectivity index (χ1n) is 14.6. The molecule has 44 heavy (non-hydrogen) atoms. The standard InChI is InChI=1S/C31H38N6O7/c1-9-41-27(38)22-19-15-36(16-20(19)22)21-14-32-24(37(28(39)43-30(3,4)5)29(40)44-31(6,7)8)23(33-21)26-35-34-25(42-26)18-12-10-17(2)11-13-18/h10-14,19-20,22H,9,15-16H2,1-8H3/t19-,20+,22?. The number of piperidine rings is 1. The van der Waals surface area contributed by atoms with Gasteiger partial charge < -0.3 is 23.5 Å². The van der Waals surface area contributed by atoms with Crippen LogP contribution in [-0.2, 0) is 19.0 Å². The number of imide groups is 1. The summed E-state index contributed by atoms with van der Waals surface area (Å²) in [4.78, 5) is 51.3. The van der Waals surface area contributed by atoms with Gasteiger partial charge in [-0.25, -0.2) is 19.6 Å². The van der Waals surface area contributed by atoms with Crippen molar-refractivity contribution in [1.29, 1.82) is 0 Å². The largest absolute Gasteiger partial charge is 0.466 e. The quantitative estimate of drug-likeness (QED) is 0.260. The van der Waals surface area contributed by atoms with Gasteiger partial charge in [-0.1, -0.05) is 17.7 Å². The molecule has 3 atom stereocenters. The highest BCUT2D eigenvalue weighted by atomic mass is 16.6. The van der Waals surface area contributed by atoms with E-state index in [0.29, 0.717) is 36.0 Å². The first kappa shape index (κ1) is 30.9. The summed E-state index contributed by atoms with van der Waals surface area (Å²) in [6.07, 6.45) is -0.553. The molecule has 1 saturated carbocycles.